The molecule has 0 saturated carbocycles. The van der Waals surface area contributed by atoms with Gasteiger partial charge in [-0.2, -0.15) is 0 Å². The number of carbonyl (C=O) groups is 2. The zero-order chi connectivity index (χ0) is 15.6. The number of aromatic nitrogens is 1. The van der Waals surface area contributed by atoms with Gasteiger partial charge in [0.15, 0.2) is 0 Å². The minimum absolute atomic E-state index is 0.180. The lowest BCUT2D eigenvalue weighted by Crippen LogP contribution is -2.23. The number of carboxylic acids is 1. The van der Waals surface area contributed by atoms with Gasteiger partial charge in [-0.05, 0) is 25.1 Å². The molecule has 0 aliphatic rings. The smallest absolute Gasteiger partial charge is 0.234 e. The van der Waals surface area contributed by atoms with E-state index in [2.05, 4.69) is 10.3 Å². The van der Waals surface area contributed by atoms with Crippen molar-refractivity contribution >= 4 is 52.1 Å². The highest BCUT2D eigenvalue weighted by Crippen LogP contribution is 2.25. The third-order valence-corrected chi connectivity index (χ3v) is 4.09. The van der Waals surface area contributed by atoms with Gasteiger partial charge in [0.1, 0.15) is 5.01 Å². The van der Waals surface area contributed by atoms with Crippen molar-refractivity contribution in [2.45, 2.75) is 12.8 Å². The van der Waals surface area contributed by atoms with Gasteiger partial charge >= 0.3 is 0 Å². The quantitative estimate of drug-likeness (QED) is 0.924. The van der Waals surface area contributed by atoms with Crippen molar-refractivity contribution in [1.82, 2.24) is 4.98 Å². The SMILES string of the molecule is C[C@H](C(=O)Nc1cc(Cl)cc(Cl)c1)c1nc(C(=O)[O-])cs1. The Bertz CT molecular complexity index is 682. The molecule has 1 heterocycles. The number of amides is 1. The van der Waals surface area contributed by atoms with Gasteiger partial charge in [0.05, 0.1) is 17.6 Å². The number of anilines is 1. The third-order valence-electron chi connectivity index (χ3n) is 2.62. The maximum atomic E-state index is 12.1. The topological polar surface area (TPSA) is 82.1 Å². The van der Waals surface area contributed by atoms with Crippen molar-refractivity contribution in [3.05, 3.63) is 44.3 Å². The van der Waals surface area contributed by atoms with Gasteiger partial charge in [0.25, 0.3) is 0 Å². The molecule has 0 unspecified atom stereocenters. The number of aromatic carboxylic acids is 1. The van der Waals surface area contributed by atoms with E-state index in [1.54, 1.807) is 25.1 Å². The van der Waals surface area contributed by atoms with Crippen LogP contribution in [-0.2, 0) is 4.79 Å². The summed E-state index contributed by atoms with van der Waals surface area (Å²) in [7, 11) is 0. The molecule has 2 rings (SSSR count). The van der Waals surface area contributed by atoms with E-state index in [0.717, 1.165) is 11.3 Å². The number of carboxylic acid groups (broad SMARTS) is 1. The molecular weight excluding hydrogens is 335 g/mol. The number of carbonyl (C=O) groups excluding carboxylic acids is 2. The van der Waals surface area contributed by atoms with E-state index in [1.807, 2.05) is 0 Å². The molecule has 8 heteroatoms. The summed E-state index contributed by atoms with van der Waals surface area (Å²) in [6, 6.07) is 4.67. The van der Waals surface area contributed by atoms with Crippen LogP contribution >= 0.6 is 34.5 Å². The molecule has 1 aromatic carbocycles. The lowest BCUT2D eigenvalue weighted by Gasteiger charge is -2.10. The van der Waals surface area contributed by atoms with Gasteiger partial charge in [-0.25, -0.2) is 4.98 Å². The molecule has 1 aromatic heterocycles. The molecule has 0 spiro atoms. The maximum absolute atomic E-state index is 12.1. The Labute approximate surface area is 134 Å². The monoisotopic (exact) mass is 343 g/mol. The van der Waals surface area contributed by atoms with Crippen molar-refractivity contribution in [1.29, 1.82) is 0 Å². The van der Waals surface area contributed by atoms with E-state index in [-0.39, 0.29) is 11.6 Å². The Hall–Kier alpha value is -1.63. The van der Waals surface area contributed by atoms with Crippen LogP contribution in [0.3, 0.4) is 0 Å². The fraction of sp³-hybridized carbons (Fsp3) is 0.154. The predicted octanol–water partition coefficient (Wildman–Crippen LogP) is 2.56. The lowest BCUT2D eigenvalue weighted by atomic mass is 10.1. The second-order valence-corrected chi connectivity index (χ2v) is 5.99. The zero-order valence-electron chi connectivity index (χ0n) is 10.7. The van der Waals surface area contributed by atoms with Crippen LogP contribution in [0.2, 0.25) is 10.0 Å². The van der Waals surface area contributed by atoms with Gasteiger partial charge < -0.3 is 15.2 Å². The lowest BCUT2D eigenvalue weighted by molar-refractivity contribution is -0.255. The first-order valence-electron chi connectivity index (χ1n) is 5.80. The van der Waals surface area contributed by atoms with E-state index >= 15 is 0 Å². The Morgan fingerprint density at radius 3 is 2.43 bits per heavy atom. The molecule has 0 bridgehead atoms. The van der Waals surface area contributed by atoms with Crippen molar-refractivity contribution in [3.63, 3.8) is 0 Å². The fourth-order valence-corrected chi connectivity index (χ4v) is 2.94. The number of nitrogens with one attached hydrogen (secondary N) is 1. The highest BCUT2D eigenvalue weighted by atomic mass is 35.5. The summed E-state index contributed by atoms with van der Waals surface area (Å²) in [6.45, 7) is 1.62. The third kappa shape index (κ3) is 3.93. The first-order chi connectivity index (χ1) is 9.86. The summed E-state index contributed by atoms with van der Waals surface area (Å²) in [5, 5.41) is 15.9. The van der Waals surface area contributed by atoms with Crippen molar-refractivity contribution in [2.24, 2.45) is 0 Å². The molecule has 1 N–H and O–H groups in total. The van der Waals surface area contributed by atoms with E-state index in [0.29, 0.717) is 20.7 Å². The standard InChI is InChI=1S/C13H10Cl2N2O3S/c1-6(12-17-10(5-21-12)13(19)20)11(18)16-9-3-7(14)2-8(15)4-9/h2-6H,1H3,(H,16,18)(H,19,20)/p-1/t6-/m1/s1. The van der Waals surface area contributed by atoms with E-state index in [9.17, 15) is 14.7 Å². The maximum Gasteiger partial charge on any atom is 0.234 e. The molecule has 0 aliphatic carbocycles. The second kappa shape index (κ2) is 6.43. The molecule has 1 amide bonds. The Morgan fingerprint density at radius 2 is 1.90 bits per heavy atom. The van der Waals surface area contributed by atoms with E-state index in [4.69, 9.17) is 23.2 Å². The Balaban J connectivity index is 2.13. The summed E-state index contributed by atoms with van der Waals surface area (Å²) in [4.78, 5) is 26.6. The molecule has 0 saturated heterocycles. The Morgan fingerprint density at radius 1 is 1.29 bits per heavy atom. The average molecular weight is 344 g/mol. The van der Waals surface area contributed by atoms with Crippen LogP contribution in [-0.4, -0.2) is 16.9 Å². The summed E-state index contributed by atoms with van der Waals surface area (Å²) in [5.41, 5.74) is 0.279. The van der Waals surface area contributed by atoms with Gasteiger partial charge in [-0.15, -0.1) is 11.3 Å². The molecule has 2 aromatic rings. The highest BCUT2D eigenvalue weighted by Gasteiger charge is 2.19. The van der Waals surface area contributed by atoms with Crippen LogP contribution in [0, 0.1) is 0 Å². The summed E-state index contributed by atoms with van der Waals surface area (Å²) in [5.74, 6) is -2.32. The second-order valence-electron chi connectivity index (χ2n) is 4.23. The molecule has 0 fully saturated rings. The van der Waals surface area contributed by atoms with Crippen LogP contribution in [0.25, 0.3) is 0 Å². The zero-order valence-corrected chi connectivity index (χ0v) is 13.1. The van der Waals surface area contributed by atoms with Crippen molar-refractivity contribution < 1.29 is 14.7 Å². The molecule has 0 radical (unpaired) electrons. The van der Waals surface area contributed by atoms with Gasteiger partial charge in [-0.1, -0.05) is 23.2 Å². The van der Waals surface area contributed by atoms with E-state index in [1.165, 1.54) is 5.38 Å². The first-order valence-corrected chi connectivity index (χ1v) is 7.44. The van der Waals surface area contributed by atoms with Crippen LogP contribution < -0.4 is 10.4 Å². The van der Waals surface area contributed by atoms with Gasteiger partial charge in [0.2, 0.25) is 5.91 Å². The predicted molar refractivity (Wildman–Crippen MR) is 80.0 cm³/mol. The first kappa shape index (κ1) is 15.8. The molecule has 21 heavy (non-hydrogen) atoms. The van der Waals surface area contributed by atoms with Gasteiger partial charge in [0, 0.05) is 21.1 Å². The highest BCUT2D eigenvalue weighted by molar-refractivity contribution is 7.10. The van der Waals surface area contributed by atoms with Crippen LogP contribution in [0.1, 0.15) is 28.3 Å². The number of rotatable bonds is 4. The molecular formula is C13H9Cl2N2O3S-. The normalized spacial score (nSPS) is 12.0. The average Bonchev–Trinajstić information content (AvgIpc) is 2.86. The van der Waals surface area contributed by atoms with E-state index < -0.39 is 11.9 Å². The molecule has 1 atom stereocenters. The largest absolute Gasteiger partial charge is 0.543 e. The number of hydrogen-bond acceptors (Lipinski definition) is 5. The summed E-state index contributed by atoms with van der Waals surface area (Å²) < 4.78 is 0. The van der Waals surface area contributed by atoms with Crippen LogP contribution in [0.4, 0.5) is 5.69 Å². The molecule has 0 aliphatic heterocycles. The Kier molecular flexibility index (Phi) is 4.82. The number of hydrogen-bond donors (Lipinski definition) is 1. The number of thiazole rings is 1. The number of benzene rings is 1. The van der Waals surface area contributed by atoms with Crippen molar-refractivity contribution in [3.8, 4) is 0 Å². The van der Waals surface area contributed by atoms with Crippen LogP contribution in [0.15, 0.2) is 23.6 Å². The minimum Gasteiger partial charge on any atom is -0.543 e. The molecule has 110 valence electrons. The van der Waals surface area contributed by atoms with Crippen molar-refractivity contribution in [2.75, 3.05) is 5.32 Å². The minimum atomic E-state index is -1.37. The van der Waals surface area contributed by atoms with Gasteiger partial charge in [-0.3, -0.25) is 4.79 Å². The fourth-order valence-electron chi connectivity index (χ4n) is 1.57. The molecule has 5 nitrogen and oxygen atoms in total. The number of nitrogens with zero attached hydrogens (tertiary/aromatic N) is 1. The summed E-state index contributed by atoms with van der Waals surface area (Å²) in [6.07, 6.45) is 0. The number of halogens is 2. The summed E-state index contributed by atoms with van der Waals surface area (Å²) >= 11 is 12.8. The van der Waals surface area contributed by atoms with Crippen LogP contribution in [0.5, 0.6) is 0 Å².